The molecule has 0 aliphatic carbocycles. The van der Waals surface area contributed by atoms with E-state index >= 15 is 0 Å². The molecule has 5 rings (SSSR count). The largest absolute Gasteiger partial charge is 0.491 e. The Labute approximate surface area is 161 Å². The maximum atomic E-state index is 8.95. The van der Waals surface area contributed by atoms with Crippen LogP contribution in [0.5, 0.6) is 5.75 Å². The second-order valence-electron chi connectivity index (χ2n) is 7.80. The van der Waals surface area contributed by atoms with Crippen molar-refractivity contribution in [3.63, 3.8) is 0 Å². The van der Waals surface area contributed by atoms with Gasteiger partial charge in [-0.3, -0.25) is 14.8 Å². The Morgan fingerprint density at radius 1 is 1.04 bits per heavy atom. The Balaban J connectivity index is 1.40. The van der Waals surface area contributed by atoms with Crippen LogP contribution in [-0.2, 0) is 13.1 Å². The lowest BCUT2D eigenvalue weighted by Crippen LogP contribution is -2.43. The zero-order chi connectivity index (χ0) is 18.5. The molecule has 1 aromatic heterocycles. The van der Waals surface area contributed by atoms with Gasteiger partial charge in [0.05, 0.1) is 6.61 Å². The molecule has 2 atom stereocenters. The van der Waals surface area contributed by atoms with Crippen LogP contribution in [0, 0.1) is 5.92 Å². The van der Waals surface area contributed by atoms with E-state index in [0.717, 1.165) is 31.3 Å². The Morgan fingerprint density at radius 2 is 1.96 bits per heavy atom. The Kier molecular flexibility index (Phi) is 6.02. The van der Waals surface area contributed by atoms with Gasteiger partial charge in [0.15, 0.2) is 0 Å². The van der Waals surface area contributed by atoms with Gasteiger partial charge in [-0.1, -0.05) is 18.2 Å². The van der Waals surface area contributed by atoms with Gasteiger partial charge in [-0.25, -0.2) is 0 Å². The van der Waals surface area contributed by atoms with Crippen LogP contribution in [0.15, 0.2) is 48.8 Å². The predicted molar refractivity (Wildman–Crippen MR) is 105 cm³/mol. The molecule has 0 spiro atoms. The summed E-state index contributed by atoms with van der Waals surface area (Å²) in [6.45, 7) is 5.86. The SMILES string of the molecule is OCCOc1cccc(CN2C[C@H]3CC[C@@H]2CN(Cc2cccnc2)C3)c1. The minimum atomic E-state index is 0.0485. The van der Waals surface area contributed by atoms with E-state index in [4.69, 9.17) is 9.84 Å². The van der Waals surface area contributed by atoms with Crippen molar-refractivity contribution in [1.82, 2.24) is 14.8 Å². The first kappa shape index (κ1) is 18.4. The highest BCUT2D eigenvalue weighted by molar-refractivity contribution is 5.28. The lowest BCUT2D eigenvalue weighted by atomic mass is 9.94. The minimum absolute atomic E-state index is 0.0485. The summed E-state index contributed by atoms with van der Waals surface area (Å²) in [7, 11) is 0. The van der Waals surface area contributed by atoms with Crippen molar-refractivity contribution >= 4 is 0 Å². The van der Waals surface area contributed by atoms with Gasteiger partial charge in [-0.2, -0.15) is 0 Å². The predicted octanol–water partition coefficient (Wildman–Crippen LogP) is 2.55. The van der Waals surface area contributed by atoms with Gasteiger partial charge >= 0.3 is 0 Å². The maximum Gasteiger partial charge on any atom is 0.119 e. The first-order chi connectivity index (χ1) is 13.3. The van der Waals surface area contributed by atoms with Crippen molar-refractivity contribution in [2.45, 2.75) is 32.0 Å². The Hall–Kier alpha value is -1.95. The fraction of sp³-hybridized carbons (Fsp3) is 0.500. The van der Waals surface area contributed by atoms with Crippen LogP contribution in [0.1, 0.15) is 24.0 Å². The third-order valence-electron chi connectivity index (χ3n) is 5.68. The molecule has 5 heteroatoms. The average molecular weight is 367 g/mol. The standard InChI is InChI=1S/C22H29N3O2/c26-9-10-27-22-5-1-3-18(11-22)15-25-16-20-6-7-21(25)17-24(14-20)13-19-4-2-8-23-12-19/h1-5,8,11-12,20-21,26H,6-7,9-10,13-17H2/t20-,21+/m0/s1. The van der Waals surface area contributed by atoms with E-state index in [9.17, 15) is 0 Å². The Bertz CT molecular complexity index is 725. The molecule has 3 aliphatic heterocycles. The third-order valence-corrected chi connectivity index (χ3v) is 5.68. The molecule has 3 saturated heterocycles. The molecule has 4 heterocycles. The van der Waals surface area contributed by atoms with Crippen LogP contribution >= 0.6 is 0 Å². The first-order valence-corrected chi connectivity index (χ1v) is 9.98. The highest BCUT2D eigenvalue weighted by Gasteiger charge is 2.34. The van der Waals surface area contributed by atoms with Crippen molar-refractivity contribution in [3.8, 4) is 5.75 Å². The molecule has 1 aromatic carbocycles. The fourth-order valence-corrected chi connectivity index (χ4v) is 4.48. The van der Waals surface area contributed by atoms with E-state index in [1.807, 2.05) is 30.6 Å². The van der Waals surface area contributed by atoms with E-state index in [0.29, 0.717) is 12.6 Å². The quantitative estimate of drug-likeness (QED) is 0.815. The zero-order valence-electron chi connectivity index (χ0n) is 15.8. The van der Waals surface area contributed by atoms with Crippen LogP contribution in [0.4, 0.5) is 0 Å². The number of pyridine rings is 1. The monoisotopic (exact) mass is 367 g/mol. The molecule has 2 bridgehead atoms. The van der Waals surface area contributed by atoms with Crippen molar-refractivity contribution in [1.29, 1.82) is 0 Å². The lowest BCUT2D eigenvalue weighted by Gasteiger charge is -2.36. The molecule has 0 saturated carbocycles. The normalized spacial score (nSPS) is 23.3. The minimum Gasteiger partial charge on any atom is -0.491 e. The molecule has 5 nitrogen and oxygen atoms in total. The van der Waals surface area contributed by atoms with Gasteiger partial charge in [0.2, 0.25) is 0 Å². The first-order valence-electron chi connectivity index (χ1n) is 9.98. The highest BCUT2D eigenvalue weighted by atomic mass is 16.5. The molecule has 3 fully saturated rings. The number of aromatic nitrogens is 1. The molecule has 144 valence electrons. The number of benzene rings is 1. The van der Waals surface area contributed by atoms with E-state index < -0.39 is 0 Å². The van der Waals surface area contributed by atoms with Crippen LogP contribution < -0.4 is 4.74 Å². The van der Waals surface area contributed by atoms with Crippen molar-refractivity contribution < 1.29 is 9.84 Å². The van der Waals surface area contributed by atoms with E-state index in [-0.39, 0.29) is 6.61 Å². The van der Waals surface area contributed by atoms with Crippen LogP contribution in [0.25, 0.3) is 0 Å². The molecular formula is C22H29N3O2. The van der Waals surface area contributed by atoms with Gasteiger partial charge in [0.25, 0.3) is 0 Å². The number of aliphatic hydroxyl groups is 1. The molecule has 0 unspecified atom stereocenters. The maximum absolute atomic E-state index is 8.95. The number of hydrogen-bond donors (Lipinski definition) is 1. The molecule has 27 heavy (non-hydrogen) atoms. The molecule has 3 aliphatic rings. The number of fused-ring (bicyclic) bond motifs is 4. The Morgan fingerprint density at radius 3 is 2.81 bits per heavy atom. The molecule has 0 amide bonds. The van der Waals surface area contributed by atoms with Crippen molar-refractivity contribution in [3.05, 3.63) is 59.9 Å². The summed E-state index contributed by atoms with van der Waals surface area (Å²) >= 11 is 0. The number of ether oxygens (including phenoxy) is 1. The topological polar surface area (TPSA) is 48.8 Å². The van der Waals surface area contributed by atoms with E-state index in [1.54, 1.807) is 0 Å². The van der Waals surface area contributed by atoms with E-state index in [2.05, 4.69) is 33.0 Å². The highest BCUT2D eigenvalue weighted by Crippen LogP contribution is 2.30. The van der Waals surface area contributed by atoms with Gasteiger partial charge in [0, 0.05) is 51.2 Å². The summed E-state index contributed by atoms with van der Waals surface area (Å²) in [6.07, 6.45) is 6.46. The van der Waals surface area contributed by atoms with Crippen LogP contribution in [-0.4, -0.2) is 58.8 Å². The van der Waals surface area contributed by atoms with Gasteiger partial charge in [0.1, 0.15) is 12.4 Å². The van der Waals surface area contributed by atoms with Crippen molar-refractivity contribution in [2.75, 3.05) is 32.8 Å². The number of rotatable bonds is 7. The molecule has 2 aromatic rings. The second-order valence-corrected chi connectivity index (χ2v) is 7.80. The summed E-state index contributed by atoms with van der Waals surface area (Å²) in [5.41, 5.74) is 2.59. The number of piperidine rings is 1. The smallest absolute Gasteiger partial charge is 0.119 e. The van der Waals surface area contributed by atoms with Gasteiger partial charge < -0.3 is 9.84 Å². The molecule has 1 N–H and O–H groups in total. The summed E-state index contributed by atoms with van der Waals surface area (Å²) < 4.78 is 5.57. The second kappa shape index (κ2) is 8.83. The summed E-state index contributed by atoms with van der Waals surface area (Å²) in [5, 5.41) is 8.95. The molecule has 0 radical (unpaired) electrons. The number of aliphatic hydroxyl groups excluding tert-OH is 1. The average Bonchev–Trinajstić information content (AvgIpc) is 2.98. The van der Waals surface area contributed by atoms with Crippen LogP contribution in [0.2, 0.25) is 0 Å². The number of hydrogen-bond acceptors (Lipinski definition) is 5. The summed E-state index contributed by atoms with van der Waals surface area (Å²) in [4.78, 5) is 9.53. The van der Waals surface area contributed by atoms with Gasteiger partial charge in [-0.05, 0) is 48.1 Å². The molecular weight excluding hydrogens is 338 g/mol. The summed E-state index contributed by atoms with van der Waals surface area (Å²) in [6, 6.07) is 13.1. The van der Waals surface area contributed by atoms with Gasteiger partial charge in [-0.15, -0.1) is 0 Å². The van der Waals surface area contributed by atoms with Crippen molar-refractivity contribution in [2.24, 2.45) is 5.92 Å². The zero-order valence-corrected chi connectivity index (χ0v) is 15.8. The third kappa shape index (κ3) is 4.86. The van der Waals surface area contributed by atoms with E-state index in [1.165, 1.54) is 37.1 Å². The lowest BCUT2D eigenvalue weighted by molar-refractivity contribution is 0.123. The summed E-state index contributed by atoms with van der Waals surface area (Å²) in [5.74, 6) is 1.59. The fourth-order valence-electron chi connectivity index (χ4n) is 4.48. The number of nitrogens with zero attached hydrogens (tertiary/aromatic N) is 3. The van der Waals surface area contributed by atoms with Crippen LogP contribution in [0.3, 0.4) is 0 Å².